The van der Waals surface area contributed by atoms with Crippen molar-refractivity contribution in [3.8, 4) is 11.5 Å². The quantitative estimate of drug-likeness (QED) is 0.625. The summed E-state index contributed by atoms with van der Waals surface area (Å²) in [4.78, 5) is 16.3. The largest absolute Gasteiger partial charge is 0.493 e. The van der Waals surface area contributed by atoms with Gasteiger partial charge in [-0.3, -0.25) is 0 Å². The first-order valence-corrected chi connectivity index (χ1v) is 7.60. The van der Waals surface area contributed by atoms with Crippen LogP contribution in [0.5, 0.6) is 11.5 Å². The normalized spacial score (nSPS) is 15.2. The monoisotopic (exact) mass is 323 g/mol. The van der Waals surface area contributed by atoms with E-state index in [9.17, 15) is 4.79 Å². The zero-order valence-electron chi connectivity index (χ0n) is 13.5. The van der Waals surface area contributed by atoms with Crippen LogP contribution in [-0.4, -0.2) is 25.6 Å². The molecule has 5 heteroatoms. The van der Waals surface area contributed by atoms with Gasteiger partial charge in [0.1, 0.15) is 0 Å². The summed E-state index contributed by atoms with van der Waals surface area (Å²) in [7, 11) is 1.57. The topological polar surface area (TPSA) is 57.1 Å². The lowest BCUT2D eigenvalue weighted by atomic mass is 10.1. The Labute approximate surface area is 140 Å². The molecule has 3 rings (SSSR count). The number of aliphatic imine (C=N–C) groups is 1. The molecule has 0 saturated carbocycles. The Morgan fingerprint density at radius 3 is 2.62 bits per heavy atom. The predicted octanol–water partition coefficient (Wildman–Crippen LogP) is 3.44. The number of esters is 1. The molecule has 0 radical (unpaired) electrons. The van der Waals surface area contributed by atoms with Crippen molar-refractivity contribution < 1.29 is 19.0 Å². The molecule has 0 saturated heterocycles. The van der Waals surface area contributed by atoms with Gasteiger partial charge >= 0.3 is 5.97 Å². The Kier molecular flexibility index (Phi) is 4.61. The van der Waals surface area contributed by atoms with Crippen molar-refractivity contribution in [3.05, 3.63) is 65.4 Å². The summed E-state index contributed by atoms with van der Waals surface area (Å²) in [5.41, 5.74) is 1.79. The Morgan fingerprint density at radius 2 is 1.92 bits per heavy atom. The van der Waals surface area contributed by atoms with Gasteiger partial charge in [-0.15, -0.1) is 0 Å². The van der Waals surface area contributed by atoms with Gasteiger partial charge in [0, 0.05) is 5.56 Å². The van der Waals surface area contributed by atoms with E-state index >= 15 is 0 Å². The maximum atomic E-state index is 12.0. The van der Waals surface area contributed by atoms with E-state index in [1.807, 2.05) is 43.3 Å². The maximum Gasteiger partial charge on any atom is 0.363 e. The zero-order valence-corrected chi connectivity index (χ0v) is 13.5. The zero-order chi connectivity index (χ0) is 16.9. The first-order valence-electron chi connectivity index (χ1n) is 7.60. The van der Waals surface area contributed by atoms with Gasteiger partial charge in [-0.05, 0) is 42.8 Å². The van der Waals surface area contributed by atoms with Crippen LogP contribution in [0, 0.1) is 0 Å². The van der Waals surface area contributed by atoms with Crippen molar-refractivity contribution in [2.45, 2.75) is 6.92 Å². The third kappa shape index (κ3) is 3.30. The smallest absolute Gasteiger partial charge is 0.363 e. The van der Waals surface area contributed by atoms with Crippen LogP contribution in [0.4, 0.5) is 0 Å². The molecule has 0 N–H and O–H groups in total. The molecule has 24 heavy (non-hydrogen) atoms. The summed E-state index contributed by atoms with van der Waals surface area (Å²) in [6, 6.07) is 14.7. The second-order valence-corrected chi connectivity index (χ2v) is 5.05. The average molecular weight is 323 g/mol. The van der Waals surface area contributed by atoms with Crippen molar-refractivity contribution in [3.63, 3.8) is 0 Å². The second-order valence-electron chi connectivity index (χ2n) is 5.05. The van der Waals surface area contributed by atoms with E-state index in [4.69, 9.17) is 14.2 Å². The molecule has 1 aliphatic rings. The Balaban J connectivity index is 1.91. The number of rotatable bonds is 5. The van der Waals surface area contributed by atoms with Gasteiger partial charge in [-0.25, -0.2) is 9.79 Å². The first kappa shape index (κ1) is 15.8. The summed E-state index contributed by atoms with van der Waals surface area (Å²) < 4.78 is 16.0. The van der Waals surface area contributed by atoms with Gasteiger partial charge in [-0.2, -0.15) is 0 Å². The van der Waals surface area contributed by atoms with Crippen molar-refractivity contribution in [1.29, 1.82) is 0 Å². The summed E-state index contributed by atoms with van der Waals surface area (Å²) in [5, 5.41) is 0. The summed E-state index contributed by atoms with van der Waals surface area (Å²) >= 11 is 0. The number of benzene rings is 2. The molecule has 1 aliphatic heterocycles. The molecule has 5 nitrogen and oxygen atoms in total. The highest BCUT2D eigenvalue weighted by Gasteiger charge is 2.24. The Bertz CT molecular complexity index is 809. The minimum atomic E-state index is -0.471. The van der Waals surface area contributed by atoms with Crippen LogP contribution in [-0.2, 0) is 9.53 Å². The summed E-state index contributed by atoms with van der Waals surface area (Å²) in [5.74, 6) is 1.10. The highest BCUT2D eigenvalue weighted by molar-refractivity contribution is 6.12. The fraction of sp³-hybridized carbons (Fsp3) is 0.158. The molecule has 0 aromatic heterocycles. The van der Waals surface area contributed by atoms with E-state index in [1.54, 1.807) is 25.3 Å². The highest BCUT2D eigenvalue weighted by atomic mass is 16.6. The SMILES string of the molecule is CCOc1ccc(/C=C2\N=C(c3ccccc3)OC2=O)cc1OC. The molecule has 0 unspecified atom stereocenters. The molecule has 0 fully saturated rings. The molecular formula is C19H17NO4. The van der Waals surface area contributed by atoms with Gasteiger partial charge < -0.3 is 14.2 Å². The van der Waals surface area contributed by atoms with Crippen LogP contribution in [0.2, 0.25) is 0 Å². The van der Waals surface area contributed by atoms with Gasteiger partial charge in [0.25, 0.3) is 0 Å². The number of ether oxygens (including phenoxy) is 3. The number of carbonyl (C=O) groups excluding carboxylic acids is 1. The van der Waals surface area contributed by atoms with Crippen molar-refractivity contribution in [1.82, 2.24) is 0 Å². The van der Waals surface area contributed by atoms with E-state index in [-0.39, 0.29) is 5.70 Å². The molecule has 0 atom stereocenters. The molecule has 0 bridgehead atoms. The van der Waals surface area contributed by atoms with Crippen molar-refractivity contribution in [2.75, 3.05) is 13.7 Å². The standard InChI is InChI=1S/C19H17NO4/c1-3-23-16-10-9-13(12-17(16)22-2)11-15-19(21)24-18(20-15)14-7-5-4-6-8-14/h4-12H,3H2,1-2H3/b15-11-. The van der Waals surface area contributed by atoms with Gasteiger partial charge in [0.15, 0.2) is 17.2 Å². The van der Waals surface area contributed by atoms with Crippen LogP contribution < -0.4 is 9.47 Å². The van der Waals surface area contributed by atoms with E-state index < -0.39 is 5.97 Å². The predicted molar refractivity (Wildman–Crippen MR) is 91.2 cm³/mol. The highest BCUT2D eigenvalue weighted by Crippen LogP contribution is 2.29. The number of nitrogens with zero attached hydrogens (tertiary/aromatic N) is 1. The molecule has 0 aliphatic carbocycles. The van der Waals surface area contributed by atoms with E-state index in [2.05, 4.69) is 4.99 Å². The molecular weight excluding hydrogens is 306 g/mol. The number of hydrogen-bond donors (Lipinski definition) is 0. The van der Waals surface area contributed by atoms with Crippen LogP contribution in [0.15, 0.2) is 59.2 Å². The van der Waals surface area contributed by atoms with E-state index in [1.165, 1.54) is 0 Å². The first-order chi connectivity index (χ1) is 11.7. The van der Waals surface area contributed by atoms with E-state index in [0.29, 0.717) is 24.0 Å². The van der Waals surface area contributed by atoms with E-state index in [0.717, 1.165) is 11.1 Å². The summed E-state index contributed by atoms with van der Waals surface area (Å²) in [6.07, 6.45) is 1.66. The Morgan fingerprint density at radius 1 is 1.12 bits per heavy atom. The fourth-order valence-electron chi connectivity index (χ4n) is 2.32. The van der Waals surface area contributed by atoms with Crippen LogP contribution in [0.25, 0.3) is 6.08 Å². The lowest BCUT2D eigenvalue weighted by Crippen LogP contribution is -2.04. The number of methoxy groups -OCH3 is 1. The molecule has 1 heterocycles. The molecule has 2 aromatic rings. The summed E-state index contributed by atoms with van der Waals surface area (Å²) in [6.45, 7) is 2.46. The number of hydrogen-bond acceptors (Lipinski definition) is 5. The number of carbonyl (C=O) groups is 1. The minimum Gasteiger partial charge on any atom is -0.493 e. The molecule has 0 spiro atoms. The van der Waals surface area contributed by atoms with Crippen molar-refractivity contribution in [2.24, 2.45) is 4.99 Å². The van der Waals surface area contributed by atoms with Gasteiger partial charge in [-0.1, -0.05) is 24.3 Å². The molecule has 0 amide bonds. The Hall–Kier alpha value is -3.08. The van der Waals surface area contributed by atoms with Crippen molar-refractivity contribution >= 4 is 17.9 Å². The van der Waals surface area contributed by atoms with Crippen LogP contribution >= 0.6 is 0 Å². The van der Waals surface area contributed by atoms with Gasteiger partial charge in [0.05, 0.1) is 13.7 Å². The number of cyclic esters (lactones) is 1. The minimum absolute atomic E-state index is 0.250. The lowest BCUT2D eigenvalue weighted by molar-refractivity contribution is -0.129. The van der Waals surface area contributed by atoms with Crippen LogP contribution in [0.1, 0.15) is 18.1 Å². The average Bonchev–Trinajstić information content (AvgIpc) is 2.98. The third-order valence-corrected chi connectivity index (χ3v) is 3.43. The molecule has 2 aromatic carbocycles. The third-order valence-electron chi connectivity index (χ3n) is 3.43. The van der Waals surface area contributed by atoms with Gasteiger partial charge in [0.2, 0.25) is 5.90 Å². The maximum absolute atomic E-state index is 12.0. The second kappa shape index (κ2) is 7.00. The fourth-order valence-corrected chi connectivity index (χ4v) is 2.32. The van der Waals surface area contributed by atoms with Crippen LogP contribution in [0.3, 0.4) is 0 Å². The molecule has 122 valence electrons. The lowest BCUT2D eigenvalue weighted by Gasteiger charge is -2.09.